The molecule has 0 atom stereocenters. The molecule has 2 aromatic carbocycles. The molecule has 31 heavy (non-hydrogen) atoms. The monoisotopic (exact) mass is 440 g/mol. The molecule has 2 aromatic rings. The fraction of sp³-hybridized carbons (Fsp3) is 0.261. The first-order valence-corrected chi connectivity index (χ1v) is 10.7. The standard InChI is InChI=1S/C23H24N2O5S/c1-4-15-6-9-17(10-7-15)24-21(26)14-30-18-11-8-16(12-19(18)29-3)13-20-22(27)25(5-2)23(28)31-20/h6-13H,4-5,14H2,1-3H3,(H,24,26)/b20-13-. The number of amides is 3. The Morgan fingerprint density at radius 1 is 1.10 bits per heavy atom. The number of likely N-dealkylation sites (N-methyl/N-ethyl adjacent to an activating group) is 1. The summed E-state index contributed by atoms with van der Waals surface area (Å²) in [4.78, 5) is 37.9. The van der Waals surface area contributed by atoms with E-state index in [1.807, 2.05) is 24.3 Å². The number of rotatable bonds is 8. The van der Waals surface area contributed by atoms with Crippen molar-refractivity contribution in [1.29, 1.82) is 0 Å². The highest BCUT2D eigenvalue weighted by molar-refractivity contribution is 8.18. The molecule has 0 radical (unpaired) electrons. The second kappa shape index (κ2) is 10.2. The number of ether oxygens (including phenoxy) is 2. The first-order chi connectivity index (χ1) is 14.9. The zero-order valence-electron chi connectivity index (χ0n) is 17.6. The Labute approximate surface area is 185 Å². The van der Waals surface area contributed by atoms with Crippen molar-refractivity contribution in [2.45, 2.75) is 20.3 Å². The van der Waals surface area contributed by atoms with Gasteiger partial charge < -0.3 is 14.8 Å². The van der Waals surface area contributed by atoms with Gasteiger partial charge in [-0.25, -0.2) is 0 Å². The third-order valence-electron chi connectivity index (χ3n) is 4.68. The summed E-state index contributed by atoms with van der Waals surface area (Å²) in [6.45, 7) is 3.98. The quantitative estimate of drug-likeness (QED) is 0.615. The molecule has 3 rings (SSSR count). The maximum absolute atomic E-state index is 12.3. The Bertz CT molecular complexity index is 1020. The average Bonchev–Trinajstić information content (AvgIpc) is 3.05. The van der Waals surface area contributed by atoms with Gasteiger partial charge in [0.25, 0.3) is 17.1 Å². The van der Waals surface area contributed by atoms with E-state index in [2.05, 4.69) is 12.2 Å². The number of thioether (sulfide) groups is 1. The van der Waals surface area contributed by atoms with Gasteiger partial charge in [-0.05, 0) is 66.6 Å². The first-order valence-electron chi connectivity index (χ1n) is 9.90. The molecule has 3 amide bonds. The molecular formula is C23H24N2O5S. The van der Waals surface area contributed by atoms with Gasteiger partial charge in [-0.3, -0.25) is 19.3 Å². The lowest BCUT2D eigenvalue weighted by Crippen LogP contribution is -2.27. The summed E-state index contributed by atoms with van der Waals surface area (Å²) in [5, 5.41) is 2.51. The van der Waals surface area contributed by atoms with Crippen LogP contribution in [-0.2, 0) is 16.0 Å². The molecule has 1 aliphatic rings. The molecule has 0 unspecified atom stereocenters. The van der Waals surface area contributed by atoms with Gasteiger partial charge in [-0.15, -0.1) is 0 Å². The molecular weight excluding hydrogens is 416 g/mol. The predicted octanol–water partition coefficient (Wildman–Crippen LogP) is 4.33. The summed E-state index contributed by atoms with van der Waals surface area (Å²) in [6.07, 6.45) is 2.57. The molecule has 1 fully saturated rings. The number of nitrogens with zero attached hydrogens (tertiary/aromatic N) is 1. The second-order valence-corrected chi connectivity index (χ2v) is 7.72. The average molecular weight is 441 g/mol. The minimum absolute atomic E-state index is 0.180. The number of benzene rings is 2. The lowest BCUT2D eigenvalue weighted by atomic mass is 10.1. The Kier molecular flexibility index (Phi) is 7.36. The van der Waals surface area contributed by atoms with Gasteiger partial charge in [0, 0.05) is 12.2 Å². The number of carbonyl (C=O) groups excluding carboxylic acids is 3. The van der Waals surface area contributed by atoms with Gasteiger partial charge in [0.15, 0.2) is 18.1 Å². The molecule has 8 heteroatoms. The molecule has 1 N–H and O–H groups in total. The van der Waals surface area contributed by atoms with Crippen molar-refractivity contribution in [2.75, 3.05) is 25.6 Å². The van der Waals surface area contributed by atoms with E-state index in [4.69, 9.17) is 9.47 Å². The number of methoxy groups -OCH3 is 1. The van der Waals surface area contributed by atoms with Crippen LogP contribution in [0, 0.1) is 0 Å². The zero-order valence-corrected chi connectivity index (χ0v) is 18.5. The Morgan fingerprint density at radius 2 is 1.84 bits per heavy atom. The Morgan fingerprint density at radius 3 is 2.45 bits per heavy atom. The predicted molar refractivity (Wildman–Crippen MR) is 121 cm³/mol. The van der Waals surface area contributed by atoms with Crippen LogP contribution in [-0.4, -0.2) is 42.2 Å². The van der Waals surface area contributed by atoms with E-state index in [9.17, 15) is 14.4 Å². The van der Waals surface area contributed by atoms with Crippen LogP contribution in [0.4, 0.5) is 10.5 Å². The van der Waals surface area contributed by atoms with Gasteiger partial charge in [0.1, 0.15) is 0 Å². The summed E-state index contributed by atoms with van der Waals surface area (Å²) < 4.78 is 11.0. The van der Waals surface area contributed by atoms with Crippen molar-refractivity contribution in [2.24, 2.45) is 0 Å². The third kappa shape index (κ3) is 5.46. The molecule has 1 saturated heterocycles. The molecule has 0 aliphatic carbocycles. The molecule has 1 heterocycles. The summed E-state index contributed by atoms with van der Waals surface area (Å²) >= 11 is 0.910. The summed E-state index contributed by atoms with van der Waals surface area (Å²) in [6, 6.07) is 12.7. The highest BCUT2D eigenvalue weighted by Crippen LogP contribution is 2.34. The van der Waals surface area contributed by atoms with Crippen molar-refractivity contribution < 1.29 is 23.9 Å². The van der Waals surface area contributed by atoms with Gasteiger partial charge in [0.2, 0.25) is 0 Å². The van der Waals surface area contributed by atoms with E-state index in [-0.39, 0.29) is 23.7 Å². The zero-order chi connectivity index (χ0) is 22.4. The Hall–Kier alpha value is -3.26. The van der Waals surface area contributed by atoms with Crippen LogP contribution in [0.3, 0.4) is 0 Å². The number of nitrogens with one attached hydrogen (secondary N) is 1. The molecule has 0 spiro atoms. The van der Waals surface area contributed by atoms with E-state index in [0.29, 0.717) is 34.2 Å². The number of aryl methyl sites for hydroxylation is 1. The van der Waals surface area contributed by atoms with Crippen molar-refractivity contribution in [3.63, 3.8) is 0 Å². The molecule has 162 valence electrons. The summed E-state index contributed by atoms with van der Waals surface area (Å²) in [5.74, 6) is 0.227. The van der Waals surface area contributed by atoms with Gasteiger partial charge in [0.05, 0.1) is 12.0 Å². The van der Waals surface area contributed by atoms with Crippen LogP contribution in [0.25, 0.3) is 6.08 Å². The lowest BCUT2D eigenvalue weighted by molar-refractivity contribution is -0.122. The SMILES string of the molecule is CCc1ccc(NC(=O)COc2ccc(/C=C3\SC(=O)N(CC)C3=O)cc2OC)cc1. The van der Waals surface area contributed by atoms with E-state index in [1.54, 1.807) is 31.2 Å². The lowest BCUT2D eigenvalue weighted by Gasteiger charge is -2.12. The Balaban J connectivity index is 1.64. The summed E-state index contributed by atoms with van der Waals surface area (Å²) in [7, 11) is 1.49. The number of hydrogen-bond acceptors (Lipinski definition) is 6. The summed E-state index contributed by atoms with van der Waals surface area (Å²) in [5.41, 5.74) is 2.58. The third-order valence-corrected chi connectivity index (χ3v) is 5.59. The van der Waals surface area contributed by atoms with Crippen LogP contribution in [0.5, 0.6) is 11.5 Å². The number of imide groups is 1. The molecule has 0 aromatic heterocycles. The number of anilines is 1. The van der Waals surface area contributed by atoms with Crippen LogP contribution in [0.1, 0.15) is 25.0 Å². The second-order valence-electron chi connectivity index (χ2n) is 6.72. The van der Waals surface area contributed by atoms with Crippen molar-refractivity contribution in [1.82, 2.24) is 4.90 Å². The highest BCUT2D eigenvalue weighted by Gasteiger charge is 2.33. The number of carbonyl (C=O) groups is 3. The maximum Gasteiger partial charge on any atom is 0.293 e. The minimum atomic E-state index is -0.305. The van der Waals surface area contributed by atoms with Crippen LogP contribution in [0.15, 0.2) is 47.4 Å². The van der Waals surface area contributed by atoms with Crippen LogP contribution < -0.4 is 14.8 Å². The topological polar surface area (TPSA) is 84.9 Å². The van der Waals surface area contributed by atoms with E-state index in [0.717, 1.165) is 18.2 Å². The van der Waals surface area contributed by atoms with Gasteiger partial charge in [-0.2, -0.15) is 0 Å². The molecule has 7 nitrogen and oxygen atoms in total. The number of hydrogen-bond donors (Lipinski definition) is 1. The van der Waals surface area contributed by atoms with Gasteiger partial charge in [-0.1, -0.05) is 25.1 Å². The molecule has 0 bridgehead atoms. The smallest absolute Gasteiger partial charge is 0.293 e. The maximum atomic E-state index is 12.3. The largest absolute Gasteiger partial charge is 0.493 e. The van der Waals surface area contributed by atoms with E-state index >= 15 is 0 Å². The normalized spacial score (nSPS) is 14.8. The van der Waals surface area contributed by atoms with Crippen molar-refractivity contribution >= 4 is 40.6 Å². The molecule has 1 aliphatic heterocycles. The molecule has 0 saturated carbocycles. The minimum Gasteiger partial charge on any atom is -0.493 e. The van der Waals surface area contributed by atoms with E-state index < -0.39 is 0 Å². The van der Waals surface area contributed by atoms with Crippen molar-refractivity contribution in [3.8, 4) is 11.5 Å². The van der Waals surface area contributed by atoms with E-state index in [1.165, 1.54) is 17.6 Å². The van der Waals surface area contributed by atoms with Gasteiger partial charge >= 0.3 is 0 Å². The fourth-order valence-corrected chi connectivity index (χ4v) is 3.88. The first kappa shape index (κ1) is 22.4. The van der Waals surface area contributed by atoms with Crippen molar-refractivity contribution in [3.05, 3.63) is 58.5 Å². The van der Waals surface area contributed by atoms with Crippen LogP contribution in [0.2, 0.25) is 0 Å². The highest BCUT2D eigenvalue weighted by atomic mass is 32.2. The van der Waals surface area contributed by atoms with Crippen LogP contribution >= 0.6 is 11.8 Å². The fourth-order valence-electron chi connectivity index (χ4n) is 2.98.